The molecular weight excluding hydrogens is 252 g/mol. The summed E-state index contributed by atoms with van der Waals surface area (Å²) in [5.74, 6) is -3.49. The lowest BCUT2D eigenvalue weighted by atomic mass is 10.3. The highest BCUT2D eigenvalue weighted by Gasteiger charge is 2.40. The van der Waals surface area contributed by atoms with Crippen LogP contribution in [0.3, 0.4) is 0 Å². The van der Waals surface area contributed by atoms with E-state index in [0.717, 1.165) is 0 Å². The van der Waals surface area contributed by atoms with Gasteiger partial charge in [0.05, 0.1) is 6.54 Å². The molecule has 2 N–H and O–H groups in total. The van der Waals surface area contributed by atoms with E-state index in [2.05, 4.69) is 20.6 Å². The summed E-state index contributed by atoms with van der Waals surface area (Å²) in [5.41, 5.74) is 0.504. The first kappa shape index (κ1) is 14.5. The van der Waals surface area contributed by atoms with Gasteiger partial charge in [0.1, 0.15) is 18.0 Å². The van der Waals surface area contributed by atoms with Crippen LogP contribution in [0, 0.1) is 6.92 Å². The van der Waals surface area contributed by atoms with Crippen LogP contribution < -0.4 is 10.6 Å². The highest BCUT2D eigenvalue weighted by atomic mass is 19.3. The Morgan fingerprint density at radius 2 is 1.78 bits per heavy atom. The third kappa shape index (κ3) is 3.44. The molecule has 0 fully saturated rings. The fraction of sp³-hybridized carbons (Fsp3) is 0.600. The van der Waals surface area contributed by atoms with Crippen LogP contribution in [0.5, 0.6) is 0 Å². The van der Waals surface area contributed by atoms with Gasteiger partial charge < -0.3 is 10.6 Å². The number of nitrogens with zero attached hydrogens (tertiary/aromatic N) is 2. The number of rotatable bonds is 6. The van der Waals surface area contributed by atoms with Crippen LogP contribution in [0.1, 0.15) is 12.5 Å². The molecule has 18 heavy (non-hydrogen) atoms. The van der Waals surface area contributed by atoms with Crippen molar-refractivity contribution >= 4 is 11.6 Å². The molecule has 0 aliphatic heterocycles. The number of aromatic nitrogens is 2. The molecule has 0 aliphatic carbocycles. The predicted octanol–water partition coefficient (Wildman–Crippen LogP) is 2.53. The Labute approximate surface area is 102 Å². The van der Waals surface area contributed by atoms with Gasteiger partial charge in [-0.15, -0.1) is 0 Å². The van der Waals surface area contributed by atoms with Gasteiger partial charge >= 0.3 is 12.3 Å². The summed E-state index contributed by atoms with van der Waals surface area (Å²) < 4.78 is 49.4. The maximum Gasteiger partial charge on any atom is 0.324 e. The maximum absolute atomic E-state index is 12.7. The van der Waals surface area contributed by atoms with Crippen molar-refractivity contribution in [1.29, 1.82) is 0 Å². The Balaban J connectivity index is 2.77. The Bertz CT molecular complexity index is 397. The predicted molar refractivity (Wildman–Crippen MR) is 60.4 cm³/mol. The average molecular weight is 266 g/mol. The van der Waals surface area contributed by atoms with Crippen molar-refractivity contribution < 1.29 is 17.6 Å². The van der Waals surface area contributed by atoms with Crippen molar-refractivity contribution in [2.45, 2.75) is 26.2 Å². The second-order valence-corrected chi connectivity index (χ2v) is 3.64. The van der Waals surface area contributed by atoms with Gasteiger partial charge in [-0.1, -0.05) is 0 Å². The summed E-state index contributed by atoms with van der Waals surface area (Å²) in [5, 5.41) is 5.12. The first-order valence-corrected chi connectivity index (χ1v) is 5.33. The molecule has 0 aromatic carbocycles. The van der Waals surface area contributed by atoms with Crippen molar-refractivity contribution in [3.8, 4) is 0 Å². The first-order chi connectivity index (χ1) is 8.38. The molecule has 0 aliphatic rings. The van der Waals surface area contributed by atoms with E-state index in [1.54, 1.807) is 6.92 Å². The van der Waals surface area contributed by atoms with E-state index in [1.807, 2.05) is 6.92 Å². The normalized spacial score (nSPS) is 11.7. The minimum absolute atomic E-state index is 0.112. The lowest BCUT2D eigenvalue weighted by molar-refractivity contribution is -0.117. The quantitative estimate of drug-likeness (QED) is 0.777. The van der Waals surface area contributed by atoms with Gasteiger partial charge in [-0.25, -0.2) is 18.7 Å². The topological polar surface area (TPSA) is 49.8 Å². The number of halogens is 4. The standard InChI is InChI=1S/C10H14F4N4/c1-3-15-7-6(2)8(18-5-17-7)16-4-10(13,14)9(11)12/h5,9H,3-4H2,1-2H3,(H2,15,16,17,18). The molecule has 0 bridgehead atoms. The second kappa shape index (κ2) is 5.83. The lowest BCUT2D eigenvalue weighted by Gasteiger charge is -2.17. The third-order valence-electron chi connectivity index (χ3n) is 2.24. The maximum atomic E-state index is 12.7. The number of hydrogen-bond acceptors (Lipinski definition) is 4. The molecule has 4 nitrogen and oxygen atoms in total. The van der Waals surface area contributed by atoms with Gasteiger partial charge in [-0.05, 0) is 13.8 Å². The molecule has 1 rings (SSSR count). The van der Waals surface area contributed by atoms with Gasteiger partial charge in [0.15, 0.2) is 0 Å². The van der Waals surface area contributed by atoms with E-state index in [1.165, 1.54) is 6.33 Å². The van der Waals surface area contributed by atoms with Crippen LogP contribution in [-0.4, -0.2) is 35.4 Å². The van der Waals surface area contributed by atoms with Crippen LogP contribution >= 0.6 is 0 Å². The van der Waals surface area contributed by atoms with Crippen molar-refractivity contribution in [1.82, 2.24) is 9.97 Å². The van der Waals surface area contributed by atoms with Crippen molar-refractivity contribution in [2.75, 3.05) is 23.7 Å². The molecular formula is C10H14F4N4. The molecule has 0 spiro atoms. The highest BCUT2D eigenvalue weighted by Crippen LogP contribution is 2.24. The minimum atomic E-state index is -4.09. The number of anilines is 2. The van der Waals surface area contributed by atoms with Gasteiger partial charge in [0.2, 0.25) is 0 Å². The van der Waals surface area contributed by atoms with Crippen LogP contribution in [0.2, 0.25) is 0 Å². The summed E-state index contributed by atoms with van der Waals surface area (Å²) in [6, 6.07) is 0. The fourth-order valence-electron chi connectivity index (χ4n) is 1.25. The van der Waals surface area contributed by atoms with Crippen LogP contribution in [0.25, 0.3) is 0 Å². The third-order valence-corrected chi connectivity index (χ3v) is 2.24. The SMILES string of the molecule is CCNc1ncnc(NCC(F)(F)C(F)F)c1C. The molecule has 0 saturated heterocycles. The first-order valence-electron chi connectivity index (χ1n) is 5.33. The van der Waals surface area contributed by atoms with Crippen LogP contribution in [0.15, 0.2) is 6.33 Å². The van der Waals surface area contributed by atoms with E-state index in [9.17, 15) is 17.6 Å². The molecule has 8 heteroatoms. The average Bonchev–Trinajstić information content (AvgIpc) is 2.30. The lowest BCUT2D eigenvalue weighted by Crippen LogP contribution is -2.35. The van der Waals surface area contributed by atoms with E-state index >= 15 is 0 Å². The van der Waals surface area contributed by atoms with E-state index in [0.29, 0.717) is 17.9 Å². The molecule has 0 radical (unpaired) electrons. The smallest absolute Gasteiger partial charge is 0.324 e. The van der Waals surface area contributed by atoms with E-state index in [-0.39, 0.29) is 5.82 Å². The molecule has 1 aromatic rings. The van der Waals surface area contributed by atoms with Crippen LogP contribution in [-0.2, 0) is 0 Å². The Morgan fingerprint density at radius 1 is 1.22 bits per heavy atom. The summed E-state index contributed by atoms with van der Waals surface area (Å²) in [7, 11) is 0. The van der Waals surface area contributed by atoms with E-state index in [4.69, 9.17) is 0 Å². The number of nitrogens with one attached hydrogen (secondary N) is 2. The summed E-state index contributed by atoms with van der Waals surface area (Å²) in [6.07, 6.45) is -2.53. The summed E-state index contributed by atoms with van der Waals surface area (Å²) in [4.78, 5) is 7.65. The largest absolute Gasteiger partial charge is 0.370 e. The van der Waals surface area contributed by atoms with Crippen LogP contribution in [0.4, 0.5) is 29.2 Å². The van der Waals surface area contributed by atoms with Gasteiger partial charge in [-0.3, -0.25) is 0 Å². The number of alkyl halides is 4. The monoisotopic (exact) mass is 266 g/mol. The van der Waals surface area contributed by atoms with Crippen molar-refractivity contribution in [3.05, 3.63) is 11.9 Å². The van der Waals surface area contributed by atoms with Gasteiger partial charge in [0, 0.05) is 12.1 Å². The van der Waals surface area contributed by atoms with E-state index < -0.39 is 18.9 Å². The number of hydrogen-bond donors (Lipinski definition) is 2. The highest BCUT2D eigenvalue weighted by molar-refractivity contribution is 5.56. The fourth-order valence-corrected chi connectivity index (χ4v) is 1.25. The zero-order valence-corrected chi connectivity index (χ0v) is 9.98. The summed E-state index contributed by atoms with van der Waals surface area (Å²) >= 11 is 0. The molecule has 0 atom stereocenters. The summed E-state index contributed by atoms with van der Waals surface area (Å²) in [6.45, 7) is 2.89. The second-order valence-electron chi connectivity index (χ2n) is 3.64. The van der Waals surface area contributed by atoms with Gasteiger partial charge in [-0.2, -0.15) is 8.78 Å². The molecule has 0 amide bonds. The zero-order chi connectivity index (χ0) is 13.8. The molecule has 0 saturated carbocycles. The van der Waals surface area contributed by atoms with Gasteiger partial charge in [0.25, 0.3) is 0 Å². The zero-order valence-electron chi connectivity index (χ0n) is 9.98. The molecule has 102 valence electrons. The molecule has 0 unspecified atom stereocenters. The van der Waals surface area contributed by atoms with Crippen molar-refractivity contribution in [3.63, 3.8) is 0 Å². The Hall–Kier alpha value is -1.60. The minimum Gasteiger partial charge on any atom is -0.370 e. The molecule has 1 aromatic heterocycles. The van der Waals surface area contributed by atoms with Crippen molar-refractivity contribution in [2.24, 2.45) is 0 Å². The Morgan fingerprint density at radius 3 is 2.28 bits per heavy atom. The Kier molecular flexibility index (Phi) is 4.69. The molecule has 1 heterocycles.